The Labute approximate surface area is 105 Å². The maximum absolute atomic E-state index is 12.5. The molecule has 0 aliphatic carbocycles. The van der Waals surface area contributed by atoms with Crippen molar-refractivity contribution < 1.29 is 8.42 Å². The van der Waals surface area contributed by atoms with Crippen LogP contribution in [0.15, 0.2) is 0 Å². The zero-order valence-electron chi connectivity index (χ0n) is 10.7. The first-order valence-corrected chi connectivity index (χ1v) is 8.34. The monoisotopic (exact) mass is 260 g/mol. The quantitative estimate of drug-likeness (QED) is 0.829. The lowest BCUT2D eigenvalue weighted by molar-refractivity contribution is 0.257. The third-order valence-electron chi connectivity index (χ3n) is 4.13. The molecule has 0 spiro atoms. The Morgan fingerprint density at radius 1 is 1.24 bits per heavy atom. The third-order valence-corrected chi connectivity index (χ3v) is 6.49. The average molecular weight is 260 g/mol. The Bertz CT molecular complexity index is 336. The molecule has 0 amide bonds. The van der Waals surface area contributed by atoms with E-state index in [4.69, 9.17) is 0 Å². The maximum atomic E-state index is 12.5. The van der Waals surface area contributed by atoms with Gasteiger partial charge in [-0.3, -0.25) is 0 Å². The number of nitrogens with zero attached hydrogens (tertiary/aromatic N) is 1. The Morgan fingerprint density at radius 3 is 2.59 bits per heavy atom. The first-order chi connectivity index (χ1) is 8.14. The van der Waals surface area contributed by atoms with Gasteiger partial charge in [0.05, 0.1) is 5.25 Å². The molecule has 2 fully saturated rings. The normalized spacial score (nSPS) is 29.4. The molecule has 4 nitrogen and oxygen atoms in total. The Morgan fingerprint density at radius 2 is 1.94 bits per heavy atom. The molecule has 1 unspecified atom stereocenters. The van der Waals surface area contributed by atoms with E-state index in [1.54, 1.807) is 4.31 Å². The summed E-state index contributed by atoms with van der Waals surface area (Å²) in [5, 5.41) is 3.09. The molecule has 100 valence electrons. The predicted octanol–water partition coefficient (Wildman–Crippen LogP) is 1.19. The van der Waals surface area contributed by atoms with Crippen LogP contribution in [0.3, 0.4) is 0 Å². The van der Waals surface area contributed by atoms with Crippen LogP contribution in [0.2, 0.25) is 0 Å². The van der Waals surface area contributed by atoms with Gasteiger partial charge in [0.2, 0.25) is 10.0 Å². The van der Waals surface area contributed by atoms with Crippen LogP contribution in [-0.2, 0) is 10.0 Å². The van der Waals surface area contributed by atoms with Crippen molar-refractivity contribution in [2.45, 2.75) is 44.3 Å². The van der Waals surface area contributed by atoms with Crippen molar-refractivity contribution in [1.29, 1.82) is 0 Å². The Balaban J connectivity index is 2.03. The second kappa shape index (κ2) is 5.67. The smallest absolute Gasteiger partial charge is 0.217 e. The summed E-state index contributed by atoms with van der Waals surface area (Å²) in [5.74, 6) is 0.570. The molecular formula is C12H24N2O2S. The lowest BCUT2D eigenvalue weighted by Gasteiger charge is -2.35. The van der Waals surface area contributed by atoms with E-state index in [9.17, 15) is 8.42 Å². The molecule has 0 radical (unpaired) electrons. The second-order valence-corrected chi connectivity index (χ2v) is 7.48. The van der Waals surface area contributed by atoms with Crippen molar-refractivity contribution in [3.05, 3.63) is 0 Å². The fraction of sp³-hybridized carbons (Fsp3) is 1.00. The van der Waals surface area contributed by atoms with Crippen LogP contribution in [-0.4, -0.2) is 44.2 Å². The minimum atomic E-state index is -3.03. The lowest BCUT2D eigenvalue weighted by Crippen LogP contribution is -2.47. The van der Waals surface area contributed by atoms with Gasteiger partial charge in [-0.15, -0.1) is 0 Å². The van der Waals surface area contributed by atoms with Crippen LogP contribution < -0.4 is 5.32 Å². The van der Waals surface area contributed by atoms with Crippen LogP contribution in [0.4, 0.5) is 0 Å². The summed E-state index contributed by atoms with van der Waals surface area (Å²) < 4.78 is 26.8. The van der Waals surface area contributed by atoms with Crippen molar-refractivity contribution in [3.8, 4) is 0 Å². The Kier molecular flexibility index (Phi) is 4.44. The SMILES string of the molecule is CCC1CCCN(S(=O)(=O)C2CCNCC2)C1. The van der Waals surface area contributed by atoms with E-state index in [0.717, 1.165) is 51.9 Å². The number of rotatable bonds is 3. The topological polar surface area (TPSA) is 49.4 Å². The summed E-state index contributed by atoms with van der Waals surface area (Å²) in [6.45, 7) is 5.33. The molecule has 2 aliphatic heterocycles. The number of hydrogen-bond donors (Lipinski definition) is 1. The molecule has 1 N–H and O–H groups in total. The van der Waals surface area contributed by atoms with Crippen molar-refractivity contribution >= 4 is 10.0 Å². The van der Waals surface area contributed by atoms with Crippen LogP contribution in [0.1, 0.15) is 39.0 Å². The largest absolute Gasteiger partial charge is 0.317 e. The van der Waals surface area contributed by atoms with Gasteiger partial charge in [-0.05, 0) is 44.7 Å². The molecule has 1 atom stereocenters. The van der Waals surface area contributed by atoms with Gasteiger partial charge in [0.15, 0.2) is 0 Å². The summed E-state index contributed by atoms with van der Waals surface area (Å²) in [5.41, 5.74) is 0. The van der Waals surface area contributed by atoms with Crippen LogP contribution in [0.5, 0.6) is 0 Å². The highest BCUT2D eigenvalue weighted by atomic mass is 32.2. The zero-order chi connectivity index (χ0) is 12.3. The summed E-state index contributed by atoms with van der Waals surface area (Å²) in [7, 11) is -3.03. The Hall–Kier alpha value is -0.130. The van der Waals surface area contributed by atoms with Crippen LogP contribution >= 0.6 is 0 Å². The van der Waals surface area contributed by atoms with Gasteiger partial charge in [-0.1, -0.05) is 13.3 Å². The molecule has 17 heavy (non-hydrogen) atoms. The second-order valence-electron chi connectivity index (χ2n) is 5.27. The molecule has 2 rings (SSSR count). The van der Waals surface area contributed by atoms with Gasteiger partial charge < -0.3 is 5.32 Å². The molecule has 0 aromatic carbocycles. The van der Waals surface area contributed by atoms with Crippen LogP contribution in [0.25, 0.3) is 0 Å². The lowest BCUT2D eigenvalue weighted by atomic mass is 9.97. The minimum Gasteiger partial charge on any atom is -0.317 e. The molecule has 0 aromatic heterocycles. The molecule has 5 heteroatoms. The molecular weight excluding hydrogens is 236 g/mol. The number of piperidine rings is 2. The first-order valence-electron chi connectivity index (χ1n) is 6.84. The van der Waals surface area contributed by atoms with E-state index in [-0.39, 0.29) is 5.25 Å². The third kappa shape index (κ3) is 3.01. The van der Waals surface area contributed by atoms with Gasteiger partial charge in [-0.2, -0.15) is 0 Å². The van der Waals surface area contributed by atoms with Crippen molar-refractivity contribution in [2.24, 2.45) is 5.92 Å². The van der Waals surface area contributed by atoms with Gasteiger partial charge in [0.1, 0.15) is 0 Å². The van der Waals surface area contributed by atoms with Gasteiger partial charge in [0, 0.05) is 13.1 Å². The fourth-order valence-corrected chi connectivity index (χ4v) is 4.95. The van der Waals surface area contributed by atoms with Gasteiger partial charge >= 0.3 is 0 Å². The summed E-state index contributed by atoms with van der Waals surface area (Å²) in [6.07, 6.45) is 4.86. The molecule has 2 aliphatic rings. The number of nitrogens with one attached hydrogen (secondary N) is 1. The highest BCUT2D eigenvalue weighted by molar-refractivity contribution is 7.89. The van der Waals surface area contributed by atoms with Crippen LogP contribution in [0, 0.1) is 5.92 Å². The molecule has 2 saturated heterocycles. The standard InChI is InChI=1S/C12H24N2O2S/c1-2-11-4-3-9-14(10-11)17(15,16)12-5-7-13-8-6-12/h11-13H,2-10H2,1H3. The number of hydrogen-bond acceptors (Lipinski definition) is 3. The van der Waals surface area contributed by atoms with Crippen molar-refractivity contribution in [1.82, 2.24) is 9.62 Å². The summed E-state index contributed by atoms with van der Waals surface area (Å²) >= 11 is 0. The van der Waals surface area contributed by atoms with E-state index in [0.29, 0.717) is 5.92 Å². The zero-order valence-corrected chi connectivity index (χ0v) is 11.5. The highest BCUT2D eigenvalue weighted by Crippen LogP contribution is 2.25. The first kappa shape index (κ1) is 13.3. The van der Waals surface area contributed by atoms with E-state index in [1.165, 1.54) is 6.42 Å². The van der Waals surface area contributed by atoms with E-state index < -0.39 is 10.0 Å². The van der Waals surface area contributed by atoms with E-state index >= 15 is 0 Å². The van der Waals surface area contributed by atoms with Gasteiger partial charge in [-0.25, -0.2) is 12.7 Å². The number of sulfonamides is 1. The van der Waals surface area contributed by atoms with Crippen molar-refractivity contribution in [3.63, 3.8) is 0 Å². The fourth-order valence-electron chi connectivity index (χ4n) is 2.90. The molecule has 2 heterocycles. The maximum Gasteiger partial charge on any atom is 0.217 e. The van der Waals surface area contributed by atoms with E-state index in [1.807, 2.05) is 0 Å². The molecule has 0 saturated carbocycles. The summed E-state index contributed by atoms with van der Waals surface area (Å²) in [6, 6.07) is 0. The molecule has 0 bridgehead atoms. The van der Waals surface area contributed by atoms with E-state index in [2.05, 4.69) is 12.2 Å². The highest BCUT2D eigenvalue weighted by Gasteiger charge is 2.35. The minimum absolute atomic E-state index is 0.139. The summed E-state index contributed by atoms with van der Waals surface area (Å²) in [4.78, 5) is 0. The van der Waals surface area contributed by atoms with Gasteiger partial charge in [0.25, 0.3) is 0 Å². The van der Waals surface area contributed by atoms with Crippen molar-refractivity contribution in [2.75, 3.05) is 26.2 Å². The predicted molar refractivity (Wildman–Crippen MR) is 69.4 cm³/mol. The molecule has 0 aromatic rings. The average Bonchev–Trinajstić information content (AvgIpc) is 2.40.